The number of carboxylic acids is 1. The molecule has 2 rings (SSSR count). The third-order valence-electron chi connectivity index (χ3n) is 3.74. The number of piperidine rings is 1. The van der Waals surface area contributed by atoms with Gasteiger partial charge in [0, 0.05) is 6.42 Å². The van der Waals surface area contributed by atoms with Crippen LogP contribution in [-0.2, 0) is 4.79 Å². The van der Waals surface area contributed by atoms with Gasteiger partial charge in [0.05, 0.1) is 10.7 Å². The van der Waals surface area contributed by atoms with Crippen LogP contribution in [0.2, 0.25) is 5.02 Å². The number of aromatic carboxylic acids is 1. The fourth-order valence-corrected chi connectivity index (χ4v) is 2.82. The Kier molecular flexibility index (Phi) is 5.59. The highest BCUT2D eigenvalue weighted by molar-refractivity contribution is 6.34. The van der Waals surface area contributed by atoms with E-state index in [0.717, 1.165) is 32.4 Å². The molecule has 1 aliphatic rings. The van der Waals surface area contributed by atoms with Gasteiger partial charge in [0.1, 0.15) is 5.56 Å². The van der Waals surface area contributed by atoms with Crippen LogP contribution in [0.1, 0.15) is 36.0 Å². The molecule has 0 bridgehead atoms. The summed E-state index contributed by atoms with van der Waals surface area (Å²) >= 11 is 5.87. The summed E-state index contributed by atoms with van der Waals surface area (Å²) in [5.74, 6) is -0.747. The van der Waals surface area contributed by atoms with Gasteiger partial charge >= 0.3 is 5.97 Å². The Morgan fingerprint density at radius 3 is 2.71 bits per heavy atom. The number of amides is 1. The summed E-state index contributed by atoms with van der Waals surface area (Å²) in [7, 11) is 0. The Balaban J connectivity index is 1.93. The molecule has 0 radical (unpaired) electrons. The molecule has 1 aromatic carbocycles. The quantitative estimate of drug-likeness (QED) is 0.781. The summed E-state index contributed by atoms with van der Waals surface area (Å²) in [5.41, 5.74) is 0.194. The molecule has 0 aromatic heterocycles. The van der Waals surface area contributed by atoms with Crippen molar-refractivity contribution >= 4 is 29.2 Å². The lowest BCUT2D eigenvalue weighted by Crippen LogP contribution is -2.28. The van der Waals surface area contributed by atoms with Gasteiger partial charge in [0.2, 0.25) is 5.91 Å². The summed E-state index contributed by atoms with van der Waals surface area (Å²) < 4.78 is 0. The number of hydrogen-bond donors (Lipinski definition) is 3. The first-order valence-electron chi connectivity index (χ1n) is 7.10. The average molecular weight is 311 g/mol. The van der Waals surface area contributed by atoms with E-state index in [1.807, 2.05) is 0 Å². The first kappa shape index (κ1) is 15.8. The fourth-order valence-electron chi connectivity index (χ4n) is 2.56. The zero-order valence-electron chi connectivity index (χ0n) is 11.7. The zero-order chi connectivity index (χ0) is 15.2. The topological polar surface area (TPSA) is 78.4 Å². The zero-order valence-corrected chi connectivity index (χ0v) is 12.4. The summed E-state index contributed by atoms with van der Waals surface area (Å²) in [4.78, 5) is 23.2. The molecule has 0 unspecified atom stereocenters. The normalized spacial score (nSPS) is 15.7. The van der Waals surface area contributed by atoms with Crippen LogP contribution in [0.25, 0.3) is 0 Å². The molecule has 1 fully saturated rings. The van der Waals surface area contributed by atoms with Crippen molar-refractivity contribution in [3.8, 4) is 0 Å². The Morgan fingerprint density at radius 2 is 2.05 bits per heavy atom. The third kappa shape index (κ3) is 4.44. The highest BCUT2D eigenvalue weighted by Crippen LogP contribution is 2.25. The monoisotopic (exact) mass is 310 g/mol. The van der Waals surface area contributed by atoms with E-state index < -0.39 is 5.97 Å². The van der Waals surface area contributed by atoms with E-state index in [2.05, 4.69) is 10.6 Å². The molecular weight excluding hydrogens is 292 g/mol. The van der Waals surface area contributed by atoms with Crippen LogP contribution in [0.4, 0.5) is 5.69 Å². The maximum Gasteiger partial charge on any atom is 0.339 e. The molecule has 0 spiro atoms. The highest BCUT2D eigenvalue weighted by atomic mass is 35.5. The van der Waals surface area contributed by atoms with Gasteiger partial charge in [-0.1, -0.05) is 17.7 Å². The van der Waals surface area contributed by atoms with E-state index in [1.165, 1.54) is 6.07 Å². The third-order valence-corrected chi connectivity index (χ3v) is 4.05. The van der Waals surface area contributed by atoms with Crippen LogP contribution in [0.15, 0.2) is 18.2 Å². The fraction of sp³-hybridized carbons (Fsp3) is 0.467. The molecule has 1 aromatic rings. The smallest absolute Gasteiger partial charge is 0.339 e. The number of halogens is 1. The molecule has 3 N–H and O–H groups in total. The number of rotatable bonds is 5. The molecule has 1 saturated heterocycles. The van der Waals surface area contributed by atoms with Crippen molar-refractivity contribution in [2.24, 2.45) is 5.92 Å². The van der Waals surface area contributed by atoms with Crippen LogP contribution >= 0.6 is 11.6 Å². The Hall–Kier alpha value is -1.59. The molecule has 0 saturated carbocycles. The lowest BCUT2D eigenvalue weighted by Gasteiger charge is -2.22. The van der Waals surface area contributed by atoms with Crippen molar-refractivity contribution in [1.29, 1.82) is 0 Å². The number of nitrogens with one attached hydrogen (secondary N) is 2. The number of benzene rings is 1. The molecule has 21 heavy (non-hydrogen) atoms. The van der Waals surface area contributed by atoms with E-state index >= 15 is 0 Å². The van der Waals surface area contributed by atoms with Gasteiger partial charge in [-0.2, -0.15) is 0 Å². The lowest BCUT2D eigenvalue weighted by molar-refractivity contribution is -0.116. The van der Waals surface area contributed by atoms with Crippen LogP contribution in [0.3, 0.4) is 0 Å². The second-order valence-electron chi connectivity index (χ2n) is 5.25. The predicted octanol–water partition coefficient (Wildman–Crippen LogP) is 2.76. The van der Waals surface area contributed by atoms with Crippen molar-refractivity contribution in [2.45, 2.75) is 25.7 Å². The Labute approximate surface area is 128 Å². The maximum atomic E-state index is 12.0. The van der Waals surface area contributed by atoms with Gasteiger partial charge in [-0.3, -0.25) is 4.79 Å². The van der Waals surface area contributed by atoms with Gasteiger partial charge < -0.3 is 15.7 Å². The van der Waals surface area contributed by atoms with E-state index in [1.54, 1.807) is 12.1 Å². The van der Waals surface area contributed by atoms with Gasteiger partial charge in [-0.05, 0) is 50.4 Å². The van der Waals surface area contributed by atoms with Gasteiger partial charge in [0.25, 0.3) is 0 Å². The van der Waals surface area contributed by atoms with E-state index in [0.29, 0.717) is 12.3 Å². The van der Waals surface area contributed by atoms with Crippen molar-refractivity contribution in [3.63, 3.8) is 0 Å². The second kappa shape index (κ2) is 7.43. The molecule has 0 atom stereocenters. The summed E-state index contributed by atoms with van der Waals surface area (Å²) in [6.07, 6.45) is 3.41. The van der Waals surface area contributed by atoms with Crippen LogP contribution in [-0.4, -0.2) is 30.1 Å². The molecule has 1 amide bonds. The standard InChI is InChI=1S/C15H19ClN2O3/c16-11-2-1-3-12(14(11)15(20)21)18-13(19)5-4-10-6-8-17-9-7-10/h1-3,10,17H,4-9H2,(H,18,19)(H,20,21). The Bertz CT molecular complexity index is 528. The largest absolute Gasteiger partial charge is 0.478 e. The molecule has 0 aliphatic carbocycles. The minimum Gasteiger partial charge on any atom is -0.478 e. The van der Waals surface area contributed by atoms with Crippen molar-refractivity contribution in [1.82, 2.24) is 5.32 Å². The molecule has 1 aliphatic heterocycles. The summed E-state index contributed by atoms with van der Waals surface area (Å²) in [5, 5.41) is 15.2. The average Bonchev–Trinajstić information content (AvgIpc) is 2.46. The van der Waals surface area contributed by atoms with E-state index in [9.17, 15) is 9.59 Å². The number of hydrogen-bond acceptors (Lipinski definition) is 3. The number of anilines is 1. The first-order chi connectivity index (χ1) is 10.1. The summed E-state index contributed by atoms with van der Waals surface area (Å²) in [6, 6.07) is 4.67. The predicted molar refractivity (Wildman–Crippen MR) is 81.9 cm³/mol. The SMILES string of the molecule is O=C(CCC1CCNCC1)Nc1cccc(Cl)c1C(=O)O. The molecule has 114 valence electrons. The minimum atomic E-state index is -1.14. The Morgan fingerprint density at radius 1 is 1.33 bits per heavy atom. The van der Waals surface area contributed by atoms with Crippen molar-refractivity contribution < 1.29 is 14.7 Å². The highest BCUT2D eigenvalue weighted by Gasteiger charge is 2.18. The lowest BCUT2D eigenvalue weighted by atomic mass is 9.93. The van der Waals surface area contributed by atoms with Gasteiger partial charge in [0.15, 0.2) is 0 Å². The van der Waals surface area contributed by atoms with Crippen LogP contribution < -0.4 is 10.6 Å². The summed E-state index contributed by atoms with van der Waals surface area (Å²) in [6.45, 7) is 2.01. The first-order valence-corrected chi connectivity index (χ1v) is 7.48. The van der Waals surface area contributed by atoms with E-state index in [-0.39, 0.29) is 22.2 Å². The molecular formula is C15H19ClN2O3. The van der Waals surface area contributed by atoms with E-state index in [4.69, 9.17) is 16.7 Å². The number of carboxylic acid groups (broad SMARTS) is 1. The number of carbonyl (C=O) groups is 2. The second-order valence-corrected chi connectivity index (χ2v) is 5.65. The molecule has 6 heteroatoms. The van der Waals surface area contributed by atoms with Crippen LogP contribution in [0.5, 0.6) is 0 Å². The van der Waals surface area contributed by atoms with Crippen molar-refractivity contribution in [2.75, 3.05) is 18.4 Å². The maximum absolute atomic E-state index is 12.0. The molecule has 1 heterocycles. The number of carbonyl (C=O) groups excluding carboxylic acids is 1. The van der Waals surface area contributed by atoms with Gasteiger partial charge in [-0.25, -0.2) is 4.79 Å². The van der Waals surface area contributed by atoms with Gasteiger partial charge in [-0.15, -0.1) is 0 Å². The molecule has 5 nitrogen and oxygen atoms in total. The minimum absolute atomic E-state index is 0.0608. The van der Waals surface area contributed by atoms with Crippen molar-refractivity contribution in [3.05, 3.63) is 28.8 Å². The van der Waals surface area contributed by atoms with Crippen LogP contribution in [0, 0.1) is 5.92 Å².